The summed E-state index contributed by atoms with van der Waals surface area (Å²) in [5.74, 6) is 2.67. The Kier molecular flexibility index (Phi) is 3.28. The van der Waals surface area contributed by atoms with E-state index in [0.29, 0.717) is 40.6 Å². The van der Waals surface area contributed by atoms with Gasteiger partial charge in [-0.3, -0.25) is 9.59 Å². The van der Waals surface area contributed by atoms with Gasteiger partial charge in [-0.25, -0.2) is 0 Å². The van der Waals surface area contributed by atoms with E-state index < -0.39 is 0 Å². The van der Waals surface area contributed by atoms with Gasteiger partial charge in [-0.15, -0.1) is 0 Å². The molecule has 0 aromatic heterocycles. The van der Waals surface area contributed by atoms with E-state index in [9.17, 15) is 9.59 Å². The highest BCUT2D eigenvalue weighted by Gasteiger charge is 2.60. The van der Waals surface area contributed by atoms with E-state index in [1.165, 1.54) is 5.57 Å². The number of ketones is 2. The zero-order valence-corrected chi connectivity index (χ0v) is 15.1. The maximum absolute atomic E-state index is 12.4. The lowest BCUT2D eigenvalue weighted by atomic mass is 9.47. The van der Waals surface area contributed by atoms with Crippen LogP contribution in [0.25, 0.3) is 0 Å². The molecule has 0 amide bonds. The van der Waals surface area contributed by atoms with E-state index in [4.69, 9.17) is 0 Å². The molecule has 3 heteroatoms. The van der Waals surface area contributed by atoms with Gasteiger partial charge in [0.2, 0.25) is 0 Å². The van der Waals surface area contributed by atoms with Crippen molar-refractivity contribution in [1.29, 1.82) is 0 Å². The summed E-state index contributed by atoms with van der Waals surface area (Å²) < 4.78 is 0. The molecule has 0 aliphatic heterocycles. The Hall–Kier alpha value is -0.440. The molecule has 0 N–H and O–H groups in total. The van der Waals surface area contributed by atoms with Crippen molar-refractivity contribution in [2.75, 3.05) is 0 Å². The molecule has 4 aliphatic carbocycles. The Morgan fingerprint density at radius 3 is 2.55 bits per heavy atom. The van der Waals surface area contributed by atoms with Gasteiger partial charge in [0.15, 0.2) is 5.78 Å². The molecule has 0 aromatic rings. The first-order valence-corrected chi connectivity index (χ1v) is 9.70. The standard InChI is InChI=1S/C19H25BrO2/c1-18-7-5-11(21)9-15(18)16(20)10-12-13-3-4-17(22)19(13,2)8-6-14(12)18/h9,12-14,16H,3-8,10H2,1-2H3/t12-,13-,14+,16-,18-,19+/m1/s1. The van der Waals surface area contributed by atoms with Gasteiger partial charge < -0.3 is 0 Å². The Labute approximate surface area is 141 Å². The predicted molar refractivity (Wildman–Crippen MR) is 89.8 cm³/mol. The van der Waals surface area contributed by atoms with Gasteiger partial charge in [0, 0.05) is 23.1 Å². The second-order valence-electron chi connectivity index (χ2n) is 8.48. The number of carbonyl (C=O) groups excluding carboxylic acids is 2. The topological polar surface area (TPSA) is 34.1 Å². The fourth-order valence-electron chi connectivity index (χ4n) is 6.33. The van der Waals surface area contributed by atoms with Crippen molar-refractivity contribution in [2.45, 2.75) is 63.6 Å². The average molecular weight is 365 g/mol. The van der Waals surface area contributed by atoms with Crippen LogP contribution < -0.4 is 0 Å². The minimum Gasteiger partial charge on any atom is -0.299 e. The summed E-state index contributed by atoms with van der Waals surface area (Å²) in [5, 5.41) is 0. The molecule has 2 nitrogen and oxygen atoms in total. The lowest BCUT2D eigenvalue weighted by Crippen LogP contribution is -2.53. The van der Waals surface area contributed by atoms with Crippen LogP contribution in [-0.2, 0) is 9.59 Å². The SMILES string of the molecule is C[C@]12CCC(=O)C=C1[C@H](Br)C[C@@H]1[C@H]3CCC(=O)[C@@]3(C)CC[C@@H]12. The summed E-state index contributed by atoms with van der Waals surface area (Å²) in [4.78, 5) is 24.6. The number of hydrogen-bond acceptors (Lipinski definition) is 2. The molecule has 3 saturated carbocycles. The monoisotopic (exact) mass is 364 g/mol. The summed E-state index contributed by atoms with van der Waals surface area (Å²) in [5.41, 5.74) is 1.45. The van der Waals surface area contributed by atoms with Gasteiger partial charge in [-0.1, -0.05) is 29.8 Å². The minimum atomic E-state index is -0.0596. The van der Waals surface area contributed by atoms with Gasteiger partial charge in [-0.05, 0) is 66.9 Å². The van der Waals surface area contributed by atoms with E-state index in [1.807, 2.05) is 6.08 Å². The van der Waals surface area contributed by atoms with Crippen LogP contribution in [0, 0.1) is 28.6 Å². The number of Topliss-reactive ketones (excluding diaryl/α,β-unsaturated/α-hetero) is 1. The van der Waals surface area contributed by atoms with Crippen LogP contribution in [0.5, 0.6) is 0 Å². The van der Waals surface area contributed by atoms with Crippen LogP contribution in [0.4, 0.5) is 0 Å². The largest absolute Gasteiger partial charge is 0.299 e. The highest BCUT2D eigenvalue weighted by Crippen LogP contribution is 2.65. The third kappa shape index (κ3) is 1.84. The smallest absolute Gasteiger partial charge is 0.155 e. The molecular formula is C19H25BrO2. The Bertz CT molecular complexity index is 580. The summed E-state index contributed by atoms with van der Waals surface area (Å²) in [6.45, 7) is 4.61. The normalized spacial score (nSPS) is 51.0. The third-order valence-corrected chi connectivity index (χ3v) is 8.51. The molecule has 3 fully saturated rings. The van der Waals surface area contributed by atoms with E-state index in [-0.39, 0.29) is 10.8 Å². The fraction of sp³-hybridized carbons (Fsp3) is 0.789. The molecule has 0 saturated heterocycles. The molecule has 4 aliphatic rings. The molecule has 0 radical (unpaired) electrons. The van der Waals surface area contributed by atoms with Gasteiger partial charge in [0.1, 0.15) is 5.78 Å². The summed E-state index contributed by atoms with van der Waals surface area (Å²) in [7, 11) is 0. The van der Waals surface area contributed by atoms with Crippen LogP contribution in [0.2, 0.25) is 0 Å². The molecule has 4 rings (SSSR count). The Balaban J connectivity index is 1.74. The van der Waals surface area contributed by atoms with Gasteiger partial charge in [-0.2, -0.15) is 0 Å². The van der Waals surface area contributed by atoms with E-state index in [2.05, 4.69) is 29.8 Å². The van der Waals surface area contributed by atoms with Gasteiger partial charge in [0.05, 0.1) is 0 Å². The fourth-order valence-corrected chi connectivity index (χ4v) is 7.42. The molecule has 0 heterocycles. The summed E-state index contributed by atoms with van der Waals surface area (Å²) in [6.07, 6.45) is 8.83. The van der Waals surface area contributed by atoms with Crippen molar-refractivity contribution < 1.29 is 9.59 Å². The number of rotatable bonds is 0. The lowest BCUT2D eigenvalue weighted by Gasteiger charge is -2.58. The first-order valence-electron chi connectivity index (χ1n) is 8.78. The molecular weight excluding hydrogens is 340 g/mol. The van der Waals surface area contributed by atoms with Crippen LogP contribution >= 0.6 is 15.9 Å². The highest BCUT2D eigenvalue weighted by atomic mass is 79.9. The second kappa shape index (κ2) is 4.78. The molecule has 0 bridgehead atoms. The van der Waals surface area contributed by atoms with Crippen molar-refractivity contribution in [3.05, 3.63) is 11.6 Å². The van der Waals surface area contributed by atoms with Crippen molar-refractivity contribution in [1.82, 2.24) is 0 Å². The maximum Gasteiger partial charge on any atom is 0.155 e. The zero-order chi connectivity index (χ0) is 15.7. The minimum absolute atomic E-state index is 0.0596. The van der Waals surface area contributed by atoms with E-state index >= 15 is 0 Å². The van der Waals surface area contributed by atoms with Crippen LogP contribution in [0.3, 0.4) is 0 Å². The molecule has 0 spiro atoms. The van der Waals surface area contributed by atoms with E-state index in [0.717, 1.165) is 38.5 Å². The molecule has 0 aromatic carbocycles. The third-order valence-electron chi connectivity index (χ3n) is 7.65. The van der Waals surface area contributed by atoms with Crippen molar-refractivity contribution in [3.63, 3.8) is 0 Å². The number of allylic oxidation sites excluding steroid dienone is 1. The molecule has 0 unspecified atom stereocenters. The lowest BCUT2D eigenvalue weighted by molar-refractivity contribution is -0.132. The van der Waals surface area contributed by atoms with Crippen molar-refractivity contribution >= 4 is 27.5 Å². The summed E-state index contributed by atoms with van der Waals surface area (Å²) in [6, 6.07) is 0. The number of halogens is 1. The summed E-state index contributed by atoms with van der Waals surface area (Å²) >= 11 is 3.88. The van der Waals surface area contributed by atoms with Crippen LogP contribution in [0.1, 0.15) is 58.8 Å². The van der Waals surface area contributed by atoms with Crippen LogP contribution in [0.15, 0.2) is 11.6 Å². The maximum atomic E-state index is 12.4. The van der Waals surface area contributed by atoms with Crippen LogP contribution in [-0.4, -0.2) is 16.4 Å². The zero-order valence-electron chi connectivity index (χ0n) is 13.5. The average Bonchev–Trinajstić information content (AvgIpc) is 2.77. The number of fused-ring (bicyclic) bond motifs is 5. The first-order chi connectivity index (χ1) is 10.4. The van der Waals surface area contributed by atoms with E-state index in [1.54, 1.807) is 0 Å². The quantitative estimate of drug-likeness (QED) is 0.594. The Morgan fingerprint density at radius 1 is 1.05 bits per heavy atom. The number of hydrogen-bond donors (Lipinski definition) is 0. The van der Waals surface area contributed by atoms with Gasteiger partial charge >= 0.3 is 0 Å². The number of carbonyl (C=O) groups is 2. The van der Waals surface area contributed by atoms with Crippen molar-refractivity contribution in [2.24, 2.45) is 28.6 Å². The Morgan fingerprint density at radius 2 is 1.77 bits per heavy atom. The first kappa shape index (κ1) is 15.1. The number of alkyl halides is 1. The van der Waals surface area contributed by atoms with Crippen molar-refractivity contribution in [3.8, 4) is 0 Å². The highest BCUT2D eigenvalue weighted by molar-refractivity contribution is 9.09. The molecule has 120 valence electrons. The predicted octanol–water partition coefficient (Wildman–Crippen LogP) is 4.46. The van der Waals surface area contributed by atoms with Gasteiger partial charge in [0.25, 0.3) is 0 Å². The second-order valence-corrected chi connectivity index (χ2v) is 9.59. The molecule has 22 heavy (non-hydrogen) atoms. The molecule has 6 atom stereocenters.